The molecule has 0 aliphatic carbocycles. The lowest BCUT2D eigenvalue weighted by atomic mass is 9.89. The number of tetrazole rings is 1. The molecule has 1 saturated heterocycles. The molecule has 2 rings (SSSR count). The fourth-order valence-electron chi connectivity index (χ4n) is 1.60. The van der Waals surface area contributed by atoms with E-state index in [4.69, 9.17) is 0 Å². The zero-order valence-corrected chi connectivity index (χ0v) is 8.82. The minimum atomic E-state index is -0.362. The van der Waals surface area contributed by atoms with Gasteiger partial charge in [-0.2, -0.15) is 4.80 Å². The summed E-state index contributed by atoms with van der Waals surface area (Å²) in [6.07, 6.45) is 0.832. The van der Waals surface area contributed by atoms with Crippen LogP contribution in [0.2, 0.25) is 0 Å². The Hall–Kier alpha value is -1.50. The SMILES string of the molecule is Cn1nnc(NC(=O)C2(C)CCNC2)n1. The third kappa shape index (κ3) is 1.96. The first-order chi connectivity index (χ1) is 7.10. The van der Waals surface area contributed by atoms with Crippen molar-refractivity contribution >= 4 is 11.9 Å². The number of hydrogen-bond acceptors (Lipinski definition) is 5. The number of nitrogens with zero attached hydrogens (tertiary/aromatic N) is 4. The summed E-state index contributed by atoms with van der Waals surface area (Å²) >= 11 is 0. The molecular weight excluding hydrogens is 196 g/mol. The van der Waals surface area contributed by atoms with Gasteiger partial charge in [-0.05, 0) is 25.1 Å². The van der Waals surface area contributed by atoms with Crippen LogP contribution in [0.25, 0.3) is 0 Å². The third-order valence-electron chi connectivity index (χ3n) is 2.65. The fourth-order valence-corrected chi connectivity index (χ4v) is 1.60. The summed E-state index contributed by atoms with van der Waals surface area (Å²) in [6.45, 7) is 3.50. The Labute approximate surface area is 87.2 Å². The number of carbonyl (C=O) groups excluding carboxylic acids is 1. The summed E-state index contributed by atoms with van der Waals surface area (Å²) in [5.41, 5.74) is -0.362. The first kappa shape index (κ1) is 10.0. The monoisotopic (exact) mass is 210 g/mol. The number of anilines is 1. The molecule has 0 spiro atoms. The van der Waals surface area contributed by atoms with Crippen molar-refractivity contribution in [2.45, 2.75) is 13.3 Å². The van der Waals surface area contributed by atoms with Crippen LogP contribution in [0.3, 0.4) is 0 Å². The Morgan fingerprint density at radius 3 is 3.00 bits per heavy atom. The number of carbonyl (C=O) groups is 1. The van der Waals surface area contributed by atoms with Crippen molar-refractivity contribution in [1.29, 1.82) is 0 Å². The minimum Gasteiger partial charge on any atom is -0.316 e. The van der Waals surface area contributed by atoms with Crippen molar-refractivity contribution in [3.8, 4) is 0 Å². The van der Waals surface area contributed by atoms with Crippen LogP contribution in [0, 0.1) is 5.41 Å². The molecule has 82 valence electrons. The van der Waals surface area contributed by atoms with Gasteiger partial charge in [0.2, 0.25) is 5.91 Å². The third-order valence-corrected chi connectivity index (χ3v) is 2.65. The van der Waals surface area contributed by atoms with Gasteiger partial charge in [-0.25, -0.2) is 0 Å². The van der Waals surface area contributed by atoms with Crippen molar-refractivity contribution < 1.29 is 4.79 Å². The quantitative estimate of drug-likeness (QED) is 0.664. The zero-order chi connectivity index (χ0) is 10.9. The number of nitrogens with one attached hydrogen (secondary N) is 2. The molecule has 2 heterocycles. The Bertz CT molecular complexity index is 367. The van der Waals surface area contributed by atoms with E-state index in [1.165, 1.54) is 4.80 Å². The molecule has 15 heavy (non-hydrogen) atoms. The second-order valence-electron chi connectivity index (χ2n) is 4.04. The highest BCUT2D eigenvalue weighted by Crippen LogP contribution is 2.25. The van der Waals surface area contributed by atoms with Crippen LogP contribution in [0.15, 0.2) is 0 Å². The molecule has 0 saturated carbocycles. The number of aromatic nitrogens is 4. The van der Waals surface area contributed by atoms with Crippen molar-refractivity contribution in [1.82, 2.24) is 25.5 Å². The van der Waals surface area contributed by atoms with E-state index in [9.17, 15) is 4.79 Å². The van der Waals surface area contributed by atoms with Gasteiger partial charge in [0.25, 0.3) is 5.95 Å². The van der Waals surface area contributed by atoms with Gasteiger partial charge in [-0.1, -0.05) is 5.10 Å². The highest BCUT2D eigenvalue weighted by atomic mass is 16.2. The van der Waals surface area contributed by atoms with Crippen LogP contribution in [-0.4, -0.2) is 39.2 Å². The van der Waals surface area contributed by atoms with E-state index in [0.717, 1.165) is 13.0 Å². The smallest absolute Gasteiger partial charge is 0.270 e. The minimum absolute atomic E-state index is 0.0551. The molecule has 0 aromatic carbocycles. The van der Waals surface area contributed by atoms with Gasteiger partial charge in [0.05, 0.1) is 12.5 Å². The molecule has 1 aromatic heterocycles. The molecule has 1 aliphatic heterocycles. The van der Waals surface area contributed by atoms with E-state index in [1.807, 2.05) is 6.92 Å². The largest absolute Gasteiger partial charge is 0.316 e. The van der Waals surface area contributed by atoms with Crippen LogP contribution < -0.4 is 10.6 Å². The lowest BCUT2D eigenvalue weighted by Gasteiger charge is -2.19. The van der Waals surface area contributed by atoms with Crippen molar-refractivity contribution in [2.24, 2.45) is 12.5 Å². The maximum absolute atomic E-state index is 11.9. The van der Waals surface area contributed by atoms with E-state index in [1.54, 1.807) is 7.05 Å². The van der Waals surface area contributed by atoms with E-state index < -0.39 is 0 Å². The van der Waals surface area contributed by atoms with Crippen LogP contribution in [-0.2, 0) is 11.8 Å². The summed E-state index contributed by atoms with van der Waals surface area (Å²) in [5, 5.41) is 17.1. The highest BCUT2D eigenvalue weighted by molar-refractivity contribution is 5.93. The predicted octanol–water partition coefficient (Wildman–Crippen LogP) is -0.852. The summed E-state index contributed by atoms with van der Waals surface area (Å²) < 4.78 is 0. The summed E-state index contributed by atoms with van der Waals surface area (Å²) in [6, 6.07) is 0. The molecule has 0 radical (unpaired) electrons. The Balaban J connectivity index is 2.03. The molecule has 7 heteroatoms. The van der Waals surface area contributed by atoms with Gasteiger partial charge in [0, 0.05) is 6.54 Å². The van der Waals surface area contributed by atoms with Crippen LogP contribution in [0.1, 0.15) is 13.3 Å². The summed E-state index contributed by atoms with van der Waals surface area (Å²) in [5.74, 6) is 0.205. The van der Waals surface area contributed by atoms with E-state index in [0.29, 0.717) is 6.54 Å². The van der Waals surface area contributed by atoms with Gasteiger partial charge in [0.1, 0.15) is 0 Å². The van der Waals surface area contributed by atoms with Crippen LogP contribution >= 0.6 is 0 Å². The van der Waals surface area contributed by atoms with Gasteiger partial charge in [-0.15, -0.1) is 5.10 Å². The van der Waals surface area contributed by atoms with E-state index in [-0.39, 0.29) is 17.3 Å². The molecule has 1 fully saturated rings. The zero-order valence-electron chi connectivity index (χ0n) is 8.82. The second kappa shape index (κ2) is 3.58. The molecule has 2 N–H and O–H groups in total. The van der Waals surface area contributed by atoms with Crippen molar-refractivity contribution in [2.75, 3.05) is 18.4 Å². The lowest BCUT2D eigenvalue weighted by molar-refractivity contribution is -0.123. The van der Waals surface area contributed by atoms with Crippen LogP contribution in [0.4, 0.5) is 5.95 Å². The molecule has 1 aromatic rings. The summed E-state index contributed by atoms with van der Waals surface area (Å²) in [4.78, 5) is 13.2. The summed E-state index contributed by atoms with van der Waals surface area (Å²) in [7, 11) is 1.65. The number of aryl methyl sites for hydroxylation is 1. The fraction of sp³-hybridized carbons (Fsp3) is 0.750. The average molecular weight is 210 g/mol. The molecule has 1 amide bonds. The number of hydrogen-bond donors (Lipinski definition) is 2. The van der Waals surface area contributed by atoms with Gasteiger partial charge >= 0.3 is 0 Å². The highest BCUT2D eigenvalue weighted by Gasteiger charge is 2.36. The van der Waals surface area contributed by atoms with Gasteiger partial charge < -0.3 is 5.32 Å². The predicted molar refractivity (Wildman–Crippen MR) is 53.0 cm³/mol. The van der Waals surface area contributed by atoms with Crippen LogP contribution in [0.5, 0.6) is 0 Å². The molecule has 1 aliphatic rings. The second-order valence-corrected chi connectivity index (χ2v) is 4.04. The van der Waals surface area contributed by atoms with Crippen molar-refractivity contribution in [3.63, 3.8) is 0 Å². The molecule has 0 bridgehead atoms. The van der Waals surface area contributed by atoms with Gasteiger partial charge in [0.15, 0.2) is 0 Å². The number of amides is 1. The van der Waals surface area contributed by atoms with E-state index >= 15 is 0 Å². The Morgan fingerprint density at radius 2 is 2.47 bits per heavy atom. The maximum atomic E-state index is 11.9. The molecule has 1 atom stereocenters. The Kier molecular flexibility index (Phi) is 2.39. The Morgan fingerprint density at radius 1 is 1.67 bits per heavy atom. The lowest BCUT2D eigenvalue weighted by Crippen LogP contribution is -2.35. The van der Waals surface area contributed by atoms with Crippen molar-refractivity contribution in [3.05, 3.63) is 0 Å². The maximum Gasteiger partial charge on any atom is 0.270 e. The number of rotatable bonds is 2. The molecule has 1 unspecified atom stereocenters. The normalized spacial score (nSPS) is 25.5. The average Bonchev–Trinajstić information content (AvgIpc) is 2.76. The molecular formula is C8H14N6O. The topological polar surface area (TPSA) is 84.7 Å². The standard InChI is InChI=1S/C8H14N6O/c1-8(3-4-9-5-8)6(15)10-7-11-13-14(2)12-7/h9H,3-5H2,1-2H3,(H,10,12,15). The van der Waals surface area contributed by atoms with E-state index in [2.05, 4.69) is 26.0 Å². The molecule has 7 nitrogen and oxygen atoms in total. The van der Waals surface area contributed by atoms with Gasteiger partial charge in [-0.3, -0.25) is 10.1 Å². The first-order valence-electron chi connectivity index (χ1n) is 4.86. The first-order valence-corrected chi connectivity index (χ1v) is 4.86.